The normalized spacial score (nSPS) is 12.2. The van der Waals surface area contributed by atoms with Gasteiger partial charge in [-0.1, -0.05) is 6.07 Å². The van der Waals surface area contributed by atoms with Gasteiger partial charge in [0.15, 0.2) is 0 Å². The van der Waals surface area contributed by atoms with E-state index in [1.165, 1.54) is 12.1 Å². The lowest BCUT2D eigenvalue weighted by Gasteiger charge is -2.22. The Morgan fingerprint density at radius 3 is 2.86 bits per heavy atom. The highest BCUT2D eigenvalue weighted by Gasteiger charge is 2.13. The van der Waals surface area contributed by atoms with E-state index in [4.69, 9.17) is 5.11 Å². The minimum absolute atomic E-state index is 0.00905. The van der Waals surface area contributed by atoms with E-state index in [0.717, 1.165) is 16.9 Å². The monoisotopic (exact) mass is 292 g/mol. The van der Waals surface area contributed by atoms with Gasteiger partial charge in [0.1, 0.15) is 5.82 Å². The van der Waals surface area contributed by atoms with Crippen LogP contribution in [0.5, 0.6) is 0 Å². The van der Waals surface area contributed by atoms with E-state index in [2.05, 4.69) is 10.4 Å². The van der Waals surface area contributed by atoms with Crippen molar-refractivity contribution in [3.05, 3.63) is 42.0 Å². The number of nitrogens with one attached hydrogen (secondary N) is 1. The van der Waals surface area contributed by atoms with E-state index in [1.54, 1.807) is 16.9 Å². The molecule has 2 N–H and O–H groups in total. The van der Waals surface area contributed by atoms with E-state index >= 15 is 0 Å². The van der Waals surface area contributed by atoms with Crippen molar-refractivity contribution in [3.8, 4) is 0 Å². The summed E-state index contributed by atoms with van der Waals surface area (Å²) in [7, 11) is 3.79. The summed E-state index contributed by atoms with van der Waals surface area (Å²) in [5.74, 6) is -0.245. The predicted octanol–water partition coefficient (Wildman–Crippen LogP) is 2.25. The van der Waals surface area contributed by atoms with Crippen LogP contribution in [0, 0.1) is 5.82 Å². The zero-order chi connectivity index (χ0) is 15.4. The van der Waals surface area contributed by atoms with Crippen LogP contribution < -0.4 is 10.2 Å². The third-order valence-electron chi connectivity index (χ3n) is 3.29. The summed E-state index contributed by atoms with van der Waals surface area (Å²) in [6, 6.07) is 4.80. The number of hydrogen-bond acceptors (Lipinski definition) is 4. The molecule has 1 heterocycles. The number of anilines is 2. The maximum Gasteiger partial charge on any atom is 0.125 e. The molecule has 114 valence electrons. The lowest BCUT2D eigenvalue weighted by molar-refractivity contribution is 0.269. The first kappa shape index (κ1) is 15.3. The van der Waals surface area contributed by atoms with Gasteiger partial charge in [-0.25, -0.2) is 4.39 Å². The van der Waals surface area contributed by atoms with Gasteiger partial charge < -0.3 is 15.3 Å². The van der Waals surface area contributed by atoms with Crippen molar-refractivity contribution in [2.45, 2.75) is 19.5 Å². The van der Waals surface area contributed by atoms with Gasteiger partial charge >= 0.3 is 0 Å². The van der Waals surface area contributed by atoms with Gasteiger partial charge in [-0.3, -0.25) is 4.68 Å². The van der Waals surface area contributed by atoms with E-state index < -0.39 is 0 Å². The SMILES string of the molecule is CC(Nc1cnn(CCO)c1)c1ccc(F)cc1N(C)C. The highest BCUT2D eigenvalue weighted by molar-refractivity contribution is 5.56. The van der Waals surface area contributed by atoms with Crippen molar-refractivity contribution in [1.29, 1.82) is 0 Å². The second-order valence-electron chi connectivity index (χ2n) is 5.18. The van der Waals surface area contributed by atoms with Crippen LogP contribution in [0.1, 0.15) is 18.5 Å². The first-order chi connectivity index (χ1) is 10.0. The summed E-state index contributed by atoms with van der Waals surface area (Å²) in [5, 5.41) is 16.4. The summed E-state index contributed by atoms with van der Waals surface area (Å²) in [5.41, 5.74) is 2.72. The molecule has 5 nitrogen and oxygen atoms in total. The molecule has 1 aromatic carbocycles. The van der Waals surface area contributed by atoms with Gasteiger partial charge in [0.25, 0.3) is 0 Å². The first-order valence-electron chi connectivity index (χ1n) is 6.88. The molecule has 0 amide bonds. The molecule has 0 aliphatic rings. The molecule has 6 heteroatoms. The molecule has 0 aliphatic heterocycles. The minimum Gasteiger partial charge on any atom is -0.394 e. The molecule has 0 radical (unpaired) electrons. The number of hydrogen-bond donors (Lipinski definition) is 2. The molecule has 1 aromatic heterocycles. The molecule has 1 unspecified atom stereocenters. The molecular weight excluding hydrogens is 271 g/mol. The minimum atomic E-state index is -0.245. The molecule has 1 atom stereocenters. The van der Waals surface area contributed by atoms with Crippen molar-refractivity contribution in [1.82, 2.24) is 9.78 Å². The molecule has 0 bridgehead atoms. The molecule has 0 fully saturated rings. The molecule has 0 saturated carbocycles. The van der Waals surface area contributed by atoms with E-state index in [1.807, 2.05) is 32.1 Å². The highest BCUT2D eigenvalue weighted by atomic mass is 19.1. The van der Waals surface area contributed by atoms with E-state index in [-0.39, 0.29) is 18.5 Å². The molecule has 21 heavy (non-hydrogen) atoms. The third-order valence-corrected chi connectivity index (χ3v) is 3.29. The quantitative estimate of drug-likeness (QED) is 0.857. The van der Waals surface area contributed by atoms with E-state index in [9.17, 15) is 4.39 Å². The van der Waals surface area contributed by atoms with Crippen LogP contribution in [0.2, 0.25) is 0 Å². The Kier molecular flexibility index (Phi) is 4.80. The summed E-state index contributed by atoms with van der Waals surface area (Å²) in [6.45, 7) is 2.54. The fraction of sp³-hybridized carbons (Fsp3) is 0.400. The Hall–Kier alpha value is -2.08. The summed E-state index contributed by atoms with van der Waals surface area (Å²) in [4.78, 5) is 1.89. The second kappa shape index (κ2) is 6.58. The average Bonchev–Trinajstić information content (AvgIpc) is 2.86. The van der Waals surface area contributed by atoms with Crippen LogP contribution in [-0.2, 0) is 6.54 Å². The molecule has 0 aliphatic carbocycles. The van der Waals surface area contributed by atoms with Gasteiger partial charge in [0.2, 0.25) is 0 Å². The lowest BCUT2D eigenvalue weighted by atomic mass is 10.1. The van der Waals surface area contributed by atoms with Crippen LogP contribution in [0.4, 0.5) is 15.8 Å². The highest BCUT2D eigenvalue weighted by Crippen LogP contribution is 2.28. The van der Waals surface area contributed by atoms with Crippen LogP contribution in [0.3, 0.4) is 0 Å². The van der Waals surface area contributed by atoms with Crippen molar-refractivity contribution >= 4 is 11.4 Å². The Bertz CT molecular complexity index is 597. The van der Waals surface area contributed by atoms with Crippen molar-refractivity contribution in [3.63, 3.8) is 0 Å². The molecular formula is C15H21FN4O. The van der Waals surface area contributed by atoms with Gasteiger partial charge in [-0.05, 0) is 24.6 Å². The van der Waals surface area contributed by atoms with Crippen molar-refractivity contribution in [2.24, 2.45) is 0 Å². The fourth-order valence-corrected chi connectivity index (χ4v) is 2.26. The number of halogens is 1. The predicted molar refractivity (Wildman–Crippen MR) is 82.1 cm³/mol. The molecule has 2 rings (SSSR count). The molecule has 0 saturated heterocycles. The zero-order valence-electron chi connectivity index (χ0n) is 12.5. The largest absolute Gasteiger partial charge is 0.394 e. The lowest BCUT2D eigenvalue weighted by Crippen LogP contribution is -2.15. The topological polar surface area (TPSA) is 53.3 Å². The Labute approximate surface area is 124 Å². The summed E-state index contributed by atoms with van der Waals surface area (Å²) in [6.07, 6.45) is 3.55. The van der Waals surface area contributed by atoms with Crippen LogP contribution in [0.25, 0.3) is 0 Å². The Morgan fingerprint density at radius 1 is 1.43 bits per heavy atom. The van der Waals surface area contributed by atoms with Gasteiger partial charge in [0.05, 0.1) is 31.1 Å². The Morgan fingerprint density at radius 2 is 2.19 bits per heavy atom. The Balaban J connectivity index is 2.17. The average molecular weight is 292 g/mol. The second-order valence-corrected chi connectivity index (χ2v) is 5.18. The van der Waals surface area contributed by atoms with Crippen molar-refractivity contribution in [2.75, 3.05) is 30.9 Å². The number of aliphatic hydroxyl groups is 1. The third kappa shape index (κ3) is 3.72. The number of nitrogens with zero attached hydrogens (tertiary/aromatic N) is 3. The maximum atomic E-state index is 13.4. The molecule has 0 spiro atoms. The summed E-state index contributed by atoms with van der Waals surface area (Å²) >= 11 is 0. The maximum absolute atomic E-state index is 13.4. The molecule has 2 aromatic rings. The zero-order valence-corrected chi connectivity index (χ0v) is 12.5. The number of aromatic nitrogens is 2. The summed E-state index contributed by atoms with van der Waals surface area (Å²) < 4.78 is 15.1. The number of rotatable bonds is 6. The van der Waals surface area contributed by atoms with E-state index in [0.29, 0.717) is 6.54 Å². The number of benzene rings is 1. The van der Waals surface area contributed by atoms with Gasteiger partial charge in [-0.2, -0.15) is 5.10 Å². The smallest absolute Gasteiger partial charge is 0.125 e. The standard InChI is InChI=1S/C15H21FN4O/c1-11(18-13-9-17-20(10-13)6-7-21)14-5-4-12(16)8-15(14)19(2)3/h4-5,8-11,18,21H,6-7H2,1-3H3. The van der Waals surface area contributed by atoms with Crippen LogP contribution in [0.15, 0.2) is 30.6 Å². The van der Waals surface area contributed by atoms with Crippen LogP contribution >= 0.6 is 0 Å². The van der Waals surface area contributed by atoms with Crippen molar-refractivity contribution < 1.29 is 9.50 Å². The first-order valence-corrected chi connectivity index (χ1v) is 6.88. The number of aliphatic hydroxyl groups excluding tert-OH is 1. The van der Waals surface area contributed by atoms with Gasteiger partial charge in [0, 0.05) is 26.0 Å². The fourth-order valence-electron chi connectivity index (χ4n) is 2.26. The van der Waals surface area contributed by atoms with Gasteiger partial charge in [-0.15, -0.1) is 0 Å². The van der Waals surface area contributed by atoms with Crippen LogP contribution in [-0.4, -0.2) is 35.6 Å².